The topological polar surface area (TPSA) is 84.0 Å². The second kappa shape index (κ2) is 9.86. The zero-order valence-electron chi connectivity index (χ0n) is 17.6. The van der Waals surface area contributed by atoms with Crippen molar-refractivity contribution in [3.05, 3.63) is 59.7 Å². The highest BCUT2D eigenvalue weighted by atomic mass is 32.2. The van der Waals surface area contributed by atoms with Crippen LogP contribution in [0.3, 0.4) is 0 Å². The first kappa shape index (κ1) is 23.2. The third-order valence-electron chi connectivity index (χ3n) is 5.38. The molecule has 170 valence electrons. The number of piperazine rings is 1. The average Bonchev–Trinajstić information content (AvgIpc) is 3.35. The number of ether oxygens (including phenoxy) is 1. The summed E-state index contributed by atoms with van der Waals surface area (Å²) in [6, 6.07) is 13.3. The minimum atomic E-state index is -3.77. The first-order valence-electron chi connectivity index (χ1n) is 10.3. The van der Waals surface area contributed by atoms with Crippen molar-refractivity contribution >= 4 is 45.4 Å². The second-order valence-electron chi connectivity index (χ2n) is 7.47. The van der Waals surface area contributed by atoms with Crippen LogP contribution in [0.15, 0.2) is 53.4 Å². The molecule has 0 N–H and O–H groups in total. The number of benzene rings is 2. The Hall–Kier alpha value is -2.01. The molecule has 0 radical (unpaired) electrons. The summed E-state index contributed by atoms with van der Waals surface area (Å²) in [5.41, 5.74) is 1.36. The molecule has 10 heteroatoms. The van der Waals surface area contributed by atoms with E-state index in [4.69, 9.17) is 4.74 Å². The van der Waals surface area contributed by atoms with E-state index in [1.807, 2.05) is 35.7 Å². The summed E-state index contributed by atoms with van der Waals surface area (Å²) < 4.78 is 33.3. The molecule has 0 atom stereocenters. The minimum Gasteiger partial charge on any atom is -0.423 e. The van der Waals surface area contributed by atoms with Gasteiger partial charge in [0.2, 0.25) is 15.9 Å². The Kier molecular flexibility index (Phi) is 7.14. The molecule has 0 saturated carbocycles. The lowest BCUT2D eigenvalue weighted by Gasteiger charge is -2.33. The Morgan fingerprint density at radius 1 is 0.969 bits per heavy atom. The Labute approximate surface area is 196 Å². The first-order chi connectivity index (χ1) is 15.3. The molecule has 2 heterocycles. The van der Waals surface area contributed by atoms with Gasteiger partial charge >= 0.3 is 5.97 Å². The Bertz CT molecular complexity index is 1090. The summed E-state index contributed by atoms with van der Waals surface area (Å²) in [6.07, 6.45) is 0. The van der Waals surface area contributed by atoms with Gasteiger partial charge in [-0.1, -0.05) is 18.2 Å². The van der Waals surface area contributed by atoms with E-state index >= 15 is 0 Å². The van der Waals surface area contributed by atoms with Crippen LogP contribution < -0.4 is 4.74 Å². The number of hydrogen-bond acceptors (Lipinski definition) is 7. The van der Waals surface area contributed by atoms with E-state index in [1.54, 1.807) is 17.0 Å². The summed E-state index contributed by atoms with van der Waals surface area (Å²) in [6.45, 7) is 2.62. The van der Waals surface area contributed by atoms with E-state index in [1.165, 1.54) is 41.1 Å². The highest BCUT2D eigenvalue weighted by molar-refractivity contribution is 8.19. The monoisotopic (exact) mass is 492 g/mol. The van der Waals surface area contributed by atoms with Crippen molar-refractivity contribution in [1.82, 2.24) is 9.21 Å². The van der Waals surface area contributed by atoms with Gasteiger partial charge < -0.3 is 9.64 Å². The number of amides is 1. The van der Waals surface area contributed by atoms with Crippen LogP contribution >= 0.6 is 23.5 Å². The number of rotatable bonds is 5. The minimum absolute atomic E-state index is 0.0360. The zero-order valence-corrected chi connectivity index (χ0v) is 20.0. The number of carbonyl (C=O) groups is 2. The second-order valence-corrected chi connectivity index (χ2v) is 12.1. The molecule has 2 saturated heterocycles. The first-order valence-corrected chi connectivity index (χ1v) is 13.8. The number of hydrogen-bond donors (Lipinski definition) is 0. The van der Waals surface area contributed by atoms with E-state index in [2.05, 4.69) is 0 Å². The number of thioether (sulfide) groups is 2. The lowest BCUT2D eigenvalue weighted by atomic mass is 10.2. The SMILES string of the molecule is CC(=O)N1CCN(S(=O)(=O)c2cccc(C(=O)Oc3ccc(C4SCCS4)cc3)c2)CC1. The van der Waals surface area contributed by atoms with Crippen LogP contribution in [0.1, 0.15) is 27.4 Å². The van der Waals surface area contributed by atoms with Crippen LogP contribution in [-0.2, 0) is 14.8 Å². The van der Waals surface area contributed by atoms with Gasteiger partial charge in [0.05, 0.1) is 15.0 Å². The van der Waals surface area contributed by atoms with Gasteiger partial charge in [-0.25, -0.2) is 13.2 Å². The van der Waals surface area contributed by atoms with Crippen LogP contribution in [0.5, 0.6) is 5.75 Å². The fraction of sp³-hybridized carbons (Fsp3) is 0.364. The summed E-state index contributed by atoms with van der Waals surface area (Å²) in [4.78, 5) is 25.8. The van der Waals surface area contributed by atoms with Gasteiger partial charge in [0, 0.05) is 44.6 Å². The molecule has 2 aliphatic rings. The van der Waals surface area contributed by atoms with E-state index < -0.39 is 16.0 Å². The normalized spacial score (nSPS) is 18.0. The van der Waals surface area contributed by atoms with Crippen molar-refractivity contribution in [1.29, 1.82) is 0 Å². The van der Waals surface area contributed by atoms with Crippen molar-refractivity contribution in [2.75, 3.05) is 37.7 Å². The van der Waals surface area contributed by atoms with Gasteiger partial charge in [-0.3, -0.25) is 4.79 Å². The lowest BCUT2D eigenvalue weighted by Crippen LogP contribution is -2.49. The molecule has 0 aromatic heterocycles. The molecule has 0 aliphatic carbocycles. The molecule has 2 aliphatic heterocycles. The third kappa shape index (κ3) is 5.14. The fourth-order valence-corrected chi connectivity index (χ4v) is 7.91. The Morgan fingerprint density at radius 2 is 1.62 bits per heavy atom. The number of esters is 1. The summed E-state index contributed by atoms with van der Waals surface area (Å²) in [5.74, 6) is 2.01. The van der Waals surface area contributed by atoms with Gasteiger partial charge in [0.25, 0.3) is 0 Å². The van der Waals surface area contributed by atoms with E-state index in [0.29, 0.717) is 23.4 Å². The van der Waals surface area contributed by atoms with Crippen LogP contribution in [0, 0.1) is 0 Å². The molecule has 2 fully saturated rings. The molecular formula is C22H24N2O5S3. The molecule has 2 aromatic carbocycles. The van der Waals surface area contributed by atoms with Gasteiger partial charge in [0.15, 0.2) is 0 Å². The predicted octanol–water partition coefficient (Wildman–Crippen LogP) is 3.24. The van der Waals surface area contributed by atoms with E-state index in [-0.39, 0.29) is 29.5 Å². The summed E-state index contributed by atoms with van der Waals surface area (Å²) in [5, 5.41) is 0. The van der Waals surface area contributed by atoms with Crippen molar-refractivity contribution in [2.45, 2.75) is 16.4 Å². The number of nitrogens with zero attached hydrogens (tertiary/aromatic N) is 2. The van der Waals surface area contributed by atoms with Crippen molar-refractivity contribution in [3.63, 3.8) is 0 Å². The molecule has 7 nitrogen and oxygen atoms in total. The van der Waals surface area contributed by atoms with Crippen LogP contribution in [0.4, 0.5) is 0 Å². The molecule has 0 spiro atoms. The third-order valence-corrected chi connectivity index (χ3v) is 10.4. The lowest BCUT2D eigenvalue weighted by molar-refractivity contribution is -0.129. The van der Waals surface area contributed by atoms with Crippen LogP contribution in [0.2, 0.25) is 0 Å². The Morgan fingerprint density at radius 3 is 2.25 bits per heavy atom. The summed E-state index contributed by atoms with van der Waals surface area (Å²) in [7, 11) is -3.77. The largest absolute Gasteiger partial charge is 0.423 e. The molecule has 0 unspecified atom stereocenters. The van der Waals surface area contributed by atoms with Gasteiger partial charge in [-0.2, -0.15) is 4.31 Å². The van der Waals surface area contributed by atoms with Crippen molar-refractivity contribution < 1.29 is 22.7 Å². The van der Waals surface area contributed by atoms with Crippen LogP contribution in [0.25, 0.3) is 0 Å². The maximum absolute atomic E-state index is 13.0. The zero-order chi connectivity index (χ0) is 22.7. The predicted molar refractivity (Wildman–Crippen MR) is 127 cm³/mol. The van der Waals surface area contributed by atoms with E-state index in [0.717, 1.165) is 11.5 Å². The van der Waals surface area contributed by atoms with Gasteiger partial charge in [0.1, 0.15) is 5.75 Å². The van der Waals surface area contributed by atoms with Crippen molar-refractivity contribution in [3.8, 4) is 5.75 Å². The fourth-order valence-electron chi connectivity index (χ4n) is 3.59. The average molecular weight is 493 g/mol. The molecule has 4 rings (SSSR count). The summed E-state index contributed by atoms with van der Waals surface area (Å²) >= 11 is 3.81. The van der Waals surface area contributed by atoms with E-state index in [9.17, 15) is 18.0 Å². The van der Waals surface area contributed by atoms with Gasteiger partial charge in [-0.15, -0.1) is 23.5 Å². The highest BCUT2D eigenvalue weighted by Crippen LogP contribution is 2.45. The number of carbonyl (C=O) groups excluding carboxylic acids is 2. The molecule has 0 bridgehead atoms. The maximum Gasteiger partial charge on any atom is 0.343 e. The Balaban J connectivity index is 1.44. The van der Waals surface area contributed by atoms with Gasteiger partial charge in [-0.05, 0) is 35.9 Å². The molecule has 2 aromatic rings. The maximum atomic E-state index is 13.0. The van der Waals surface area contributed by atoms with Crippen molar-refractivity contribution in [2.24, 2.45) is 0 Å². The quantitative estimate of drug-likeness (QED) is 0.468. The molecule has 1 amide bonds. The smallest absolute Gasteiger partial charge is 0.343 e. The van der Waals surface area contributed by atoms with Crippen LogP contribution in [-0.4, -0.2) is 67.2 Å². The standard InChI is InChI=1S/C22H24N2O5S3/c1-16(25)23-9-11-24(12-10-23)32(27,28)20-4-2-3-18(15-20)21(26)29-19-7-5-17(6-8-19)22-30-13-14-31-22/h2-8,15,22H,9-14H2,1H3. The molecule has 32 heavy (non-hydrogen) atoms. The number of sulfonamides is 1. The molecular weight excluding hydrogens is 468 g/mol. The highest BCUT2D eigenvalue weighted by Gasteiger charge is 2.29.